The zero-order valence-corrected chi connectivity index (χ0v) is 19.7. The summed E-state index contributed by atoms with van der Waals surface area (Å²) >= 11 is 0. The van der Waals surface area contributed by atoms with Crippen LogP contribution in [0.5, 0.6) is 0 Å². The van der Waals surface area contributed by atoms with E-state index in [0.717, 1.165) is 41.9 Å². The fourth-order valence-corrected chi connectivity index (χ4v) is 4.32. The molecule has 1 fully saturated rings. The molecule has 0 radical (unpaired) electrons. The third-order valence-electron chi connectivity index (χ3n) is 5.60. The van der Waals surface area contributed by atoms with Gasteiger partial charge in [-0.3, -0.25) is 0 Å². The largest absolute Gasteiger partial charge is 0.377 e. The lowest BCUT2D eigenvalue weighted by Crippen LogP contribution is -2.45. The quantitative estimate of drug-likeness (QED) is 0.646. The first kappa shape index (κ1) is 23.4. The molecule has 2 aromatic rings. The number of aromatic nitrogens is 2. The van der Waals surface area contributed by atoms with Gasteiger partial charge >= 0.3 is 6.03 Å². The summed E-state index contributed by atoms with van der Waals surface area (Å²) in [5.74, 6) is 1.43. The van der Waals surface area contributed by atoms with Gasteiger partial charge in [0, 0.05) is 42.6 Å². The molecule has 4 rings (SSSR count). The zero-order chi connectivity index (χ0) is 23.4. The molecule has 11 heteroatoms. The first-order valence-electron chi connectivity index (χ1n) is 10.9. The van der Waals surface area contributed by atoms with E-state index in [9.17, 15) is 13.2 Å². The molecule has 1 saturated heterocycles. The Bertz CT molecular complexity index is 1110. The van der Waals surface area contributed by atoms with E-state index in [1.165, 1.54) is 0 Å². The minimum absolute atomic E-state index is 0.0537. The van der Waals surface area contributed by atoms with Crippen LogP contribution < -0.4 is 15.5 Å². The summed E-state index contributed by atoms with van der Waals surface area (Å²) in [6, 6.07) is 7.02. The predicted octanol–water partition coefficient (Wildman–Crippen LogP) is 1.61. The normalized spacial score (nSPS) is 18.5. The van der Waals surface area contributed by atoms with Gasteiger partial charge in [0.15, 0.2) is 5.82 Å². The molecule has 178 valence electrons. The van der Waals surface area contributed by atoms with Crippen molar-refractivity contribution >= 4 is 27.4 Å². The molecule has 2 N–H and O–H groups in total. The van der Waals surface area contributed by atoms with Gasteiger partial charge < -0.3 is 25.0 Å². The molecule has 1 aromatic heterocycles. The van der Waals surface area contributed by atoms with Gasteiger partial charge in [-0.15, -0.1) is 0 Å². The Kier molecular flexibility index (Phi) is 7.11. The van der Waals surface area contributed by atoms with Gasteiger partial charge in [-0.05, 0) is 31.2 Å². The SMILES string of the molecule is CC1COCCN1c1nc(-c2ccc(NC(=O)NCCS(C)(=O)=O)cc2)nc2c1COCC2. The molecule has 1 atom stereocenters. The monoisotopic (exact) mass is 475 g/mol. The van der Waals surface area contributed by atoms with E-state index in [-0.39, 0.29) is 18.3 Å². The second-order valence-corrected chi connectivity index (χ2v) is 10.6. The van der Waals surface area contributed by atoms with Gasteiger partial charge in [0.2, 0.25) is 0 Å². The van der Waals surface area contributed by atoms with Crippen molar-refractivity contribution in [1.82, 2.24) is 15.3 Å². The Labute approximate surface area is 193 Å². The van der Waals surface area contributed by atoms with Crippen LogP contribution in [0.2, 0.25) is 0 Å². The van der Waals surface area contributed by atoms with Crippen molar-refractivity contribution in [2.75, 3.05) is 55.1 Å². The number of anilines is 2. The van der Waals surface area contributed by atoms with Crippen LogP contribution >= 0.6 is 0 Å². The summed E-state index contributed by atoms with van der Waals surface area (Å²) < 4.78 is 33.6. The van der Waals surface area contributed by atoms with Gasteiger partial charge in [0.1, 0.15) is 15.7 Å². The minimum atomic E-state index is -3.13. The summed E-state index contributed by atoms with van der Waals surface area (Å²) in [6.45, 7) is 5.40. The molecule has 0 spiro atoms. The number of hydrogen-bond donors (Lipinski definition) is 2. The number of ether oxygens (including phenoxy) is 2. The van der Waals surface area contributed by atoms with Crippen LogP contribution in [0.25, 0.3) is 11.4 Å². The predicted molar refractivity (Wildman–Crippen MR) is 125 cm³/mol. The summed E-state index contributed by atoms with van der Waals surface area (Å²) in [5, 5.41) is 5.24. The highest BCUT2D eigenvalue weighted by molar-refractivity contribution is 7.90. The molecule has 0 bridgehead atoms. The van der Waals surface area contributed by atoms with Crippen LogP contribution in [-0.2, 0) is 32.3 Å². The number of urea groups is 1. The molecule has 2 aliphatic heterocycles. The average molecular weight is 476 g/mol. The summed E-state index contributed by atoms with van der Waals surface area (Å²) in [7, 11) is -3.13. The van der Waals surface area contributed by atoms with Crippen LogP contribution in [-0.4, -0.2) is 75.4 Å². The smallest absolute Gasteiger partial charge is 0.319 e. The molecule has 33 heavy (non-hydrogen) atoms. The number of nitrogens with zero attached hydrogens (tertiary/aromatic N) is 3. The van der Waals surface area contributed by atoms with Crippen molar-refractivity contribution in [2.24, 2.45) is 0 Å². The average Bonchev–Trinajstić information content (AvgIpc) is 2.78. The molecule has 1 aromatic carbocycles. The third kappa shape index (κ3) is 5.98. The van der Waals surface area contributed by atoms with Crippen molar-refractivity contribution in [1.29, 1.82) is 0 Å². The molecular weight excluding hydrogens is 446 g/mol. The van der Waals surface area contributed by atoms with Crippen molar-refractivity contribution < 1.29 is 22.7 Å². The standard InChI is InChI=1S/C22H29N5O5S/c1-15-13-32-11-9-27(15)21-18-14-31-10-7-19(18)25-20(26-21)16-3-5-17(6-4-16)24-22(28)23-8-12-33(2,29)30/h3-6,15H,7-14H2,1-2H3,(H2,23,24,28). The van der Waals surface area contributed by atoms with E-state index in [1.807, 2.05) is 12.1 Å². The lowest BCUT2D eigenvalue weighted by Gasteiger charge is -2.36. The number of rotatable bonds is 6. The number of fused-ring (bicyclic) bond motifs is 1. The first-order valence-corrected chi connectivity index (χ1v) is 13.0. The zero-order valence-electron chi connectivity index (χ0n) is 18.8. The fourth-order valence-electron chi connectivity index (χ4n) is 3.85. The van der Waals surface area contributed by atoms with Crippen molar-refractivity contribution in [3.63, 3.8) is 0 Å². The number of nitrogens with one attached hydrogen (secondary N) is 2. The van der Waals surface area contributed by atoms with Crippen LogP contribution in [0.4, 0.5) is 16.3 Å². The fraction of sp³-hybridized carbons (Fsp3) is 0.500. The first-order chi connectivity index (χ1) is 15.8. The van der Waals surface area contributed by atoms with E-state index >= 15 is 0 Å². The topological polar surface area (TPSA) is 123 Å². The second-order valence-electron chi connectivity index (χ2n) is 8.30. The van der Waals surface area contributed by atoms with Crippen LogP contribution in [0.15, 0.2) is 24.3 Å². The maximum atomic E-state index is 12.0. The van der Waals surface area contributed by atoms with Gasteiger partial charge in [0.25, 0.3) is 0 Å². The number of hydrogen-bond acceptors (Lipinski definition) is 8. The number of amides is 2. The Morgan fingerprint density at radius 2 is 1.97 bits per heavy atom. The number of carbonyl (C=O) groups is 1. The van der Waals surface area contributed by atoms with Gasteiger partial charge in [-0.1, -0.05) is 0 Å². The lowest BCUT2D eigenvalue weighted by atomic mass is 10.1. The van der Waals surface area contributed by atoms with Crippen LogP contribution in [0.1, 0.15) is 18.2 Å². The molecule has 2 amide bonds. The van der Waals surface area contributed by atoms with Gasteiger partial charge in [-0.25, -0.2) is 23.2 Å². The Morgan fingerprint density at radius 1 is 1.18 bits per heavy atom. The third-order valence-corrected chi connectivity index (χ3v) is 6.55. The van der Waals surface area contributed by atoms with Crippen LogP contribution in [0, 0.1) is 0 Å². The summed E-state index contributed by atoms with van der Waals surface area (Å²) in [5.41, 5.74) is 3.48. The van der Waals surface area contributed by atoms with E-state index < -0.39 is 15.9 Å². The van der Waals surface area contributed by atoms with Crippen LogP contribution in [0.3, 0.4) is 0 Å². The maximum absolute atomic E-state index is 12.0. The molecule has 3 heterocycles. The minimum Gasteiger partial charge on any atom is -0.377 e. The molecule has 2 aliphatic rings. The Balaban J connectivity index is 1.52. The lowest BCUT2D eigenvalue weighted by molar-refractivity contribution is 0.0952. The van der Waals surface area contributed by atoms with E-state index in [0.29, 0.717) is 37.9 Å². The molecule has 10 nitrogen and oxygen atoms in total. The van der Waals surface area contributed by atoms with Crippen molar-refractivity contribution in [3.8, 4) is 11.4 Å². The maximum Gasteiger partial charge on any atom is 0.319 e. The van der Waals surface area contributed by atoms with E-state index in [4.69, 9.17) is 19.4 Å². The number of benzene rings is 1. The van der Waals surface area contributed by atoms with E-state index in [2.05, 4.69) is 22.5 Å². The van der Waals surface area contributed by atoms with Gasteiger partial charge in [0.05, 0.1) is 43.9 Å². The number of morpholine rings is 1. The van der Waals surface area contributed by atoms with Crippen molar-refractivity contribution in [2.45, 2.75) is 26.0 Å². The molecule has 0 saturated carbocycles. The highest BCUT2D eigenvalue weighted by Crippen LogP contribution is 2.31. The highest BCUT2D eigenvalue weighted by atomic mass is 32.2. The van der Waals surface area contributed by atoms with Gasteiger partial charge in [-0.2, -0.15) is 0 Å². The highest BCUT2D eigenvalue weighted by Gasteiger charge is 2.27. The number of carbonyl (C=O) groups excluding carboxylic acids is 1. The molecule has 1 unspecified atom stereocenters. The Hall–Kier alpha value is -2.76. The Morgan fingerprint density at radius 3 is 2.70 bits per heavy atom. The summed E-state index contributed by atoms with van der Waals surface area (Å²) in [4.78, 5) is 24.0. The van der Waals surface area contributed by atoms with E-state index in [1.54, 1.807) is 12.1 Å². The molecular formula is C22H29N5O5S. The summed E-state index contributed by atoms with van der Waals surface area (Å²) in [6.07, 6.45) is 1.87. The second kappa shape index (κ2) is 10.0. The molecule has 0 aliphatic carbocycles. The number of sulfone groups is 1. The van der Waals surface area contributed by atoms with Crippen molar-refractivity contribution in [3.05, 3.63) is 35.5 Å².